The van der Waals surface area contributed by atoms with Crippen LogP contribution in [-0.2, 0) is 25.5 Å². The van der Waals surface area contributed by atoms with Crippen LogP contribution in [0.2, 0.25) is 0 Å². The molecule has 3 aromatic rings. The van der Waals surface area contributed by atoms with Gasteiger partial charge in [-0.05, 0) is 98.3 Å². The Hall–Kier alpha value is -4.19. The molecule has 262 valence electrons. The zero-order chi connectivity index (χ0) is 35.3. The number of nitrogens with zero attached hydrogens (tertiary/aromatic N) is 2. The summed E-state index contributed by atoms with van der Waals surface area (Å²) in [7, 11) is 1.96. The van der Waals surface area contributed by atoms with E-state index in [1.54, 1.807) is 43.0 Å². The van der Waals surface area contributed by atoms with Gasteiger partial charge >= 0.3 is 5.97 Å². The summed E-state index contributed by atoms with van der Waals surface area (Å²) in [5.41, 5.74) is 2.76. The largest absolute Gasteiger partial charge is 0.480 e. The fraction of sp³-hybridized carbons (Fsp3) is 0.447. The maximum Gasteiger partial charge on any atom is 0.326 e. The molecule has 0 saturated carbocycles. The Morgan fingerprint density at radius 1 is 1.00 bits per heavy atom. The first-order valence-electron chi connectivity index (χ1n) is 16.8. The molecule has 0 aromatic heterocycles. The topological polar surface area (TPSA) is 119 Å². The van der Waals surface area contributed by atoms with Gasteiger partial charge in [0.05, 0.1) is 36.8 Å². The second-order valence-electron chi connectivity index (χ2n) is 13.7. The van der Waals surface area contributed by atoms with Crippen LogP contribution in [0.25, 0.3) is 0 Å². The van der Waals surface area contributed by atoms with Crippen molar-refractivity contribution in [1.82, 2.24) is 10.2 Å². The van der Waals surface area contributed by atoms with E-state index < -0.39 is 23.7 Å². The van der Waals surface area contributed by atoms with Crippen LogP contribution in [0.15, 0.2) is 72.8 Å². The van der Waals surface area contributed by atoms with E-state index in [0.717, 1.165) is 24.0 Å². The normalized spacial score (nSPS) is 19.7. The summed E-state index contributed by atoms with van der Waals surface area (Å²) < 4.78 is 32.6. The molecule has 2 aliphatic heterocycles. The van der Waals surface area contributed by atoms with Crippen LogP contribution in [0.5, 0.6) is 0 Å². The lowest BCUT2D eigenvalue weighted by Gasteiger charge is -2.48. The number of carbonyl (C=O) groups excluding carboxylic acids is 2. The second kappa shape index (κ2) is 15.6. The molecule has 49 heavy (non-hydrogen) atoms. The number of β-lactam (4-membered cyclic amide) rings is 1. The molecule has 3 N–H and O–H groups in total. The minimum absolute atomic E-state index is 0.0969. The average molecular weight is 678 g/mol. The number of ether oxygens (including phenoxy) is 1. The number of likely N-dealkylation sites (N-methyl/N-ethyl adjacent to an activating group) is 1. The highest BCUT2D eigenvalue weighted by Gasteiger charge is 2.48. The average Bonchev–Trinajstić information content (AvgIpc) is 3.05. The molecule has 9 nitrogen and oxygen atoms in total. The Morgan fingerprint density at radius 3 is 2.16 bits per heavy atom. The van der Waals surface area contributed by atoms with Crippen molar-refractivity contribution in [2.24, 2.45) is 11.8 Å². The van der Waals surface area contributed by atoms with Crippen molar-refractivity contribution in [1.29, 1.82) is 0 Å². The number of rotatable bonds is 16. The summed E-state index contributed by atoms with van der Waals surface area (Å²) in [5.74, 6) is -2.85. The monoisotopic (exact) mass is 677 g/mol. The molecule has 0 radical (unpaired) electrons. The van der Waals surface area contributed by atoms with Gasteiger partial charge in [-0.25, -0.2) is 13.6 Å². The summed E-state index contributed by atoms with van der Waals surface area (Å²) in [6, 6.07) is 18.4. The van der Waals surface area contributed by atoms with Gasteiger partial charge in [0.15, 0.2) is 0 Å². The van der Waals surface area contributed by atoms with Gasteiger partial charge in [-0.1, -0.05) is 50.2 Å². The highest BCUT2D eigenvalue weighted by molar-refractivity contribution is 6.03. The zero-order valence-corrected chi connectivity index (χ0v) is 28.1. The molecule has 2 amide bonds. The van der Waals surface area contributed by atoms with Crippen molar-refractivity contribution in [3.8, 4) is 0 Å². The van der Waals surface area contributed by atoms with Gasteiger partial charge in [0.25, 0.3) is 0 Å². The minimum atomic E-state index is -1.05. The number of hydrogen-bond acceptors (Lipinski definition) is 6. The van der Waals surface area contributed by atoms with Gasteiger partial charge in [-0.3, -0.25) is 14.5 Å². The molecule has 0 unspecified atom stereocenters. The highest BCUT2D eigenvalue weighted by Crippen LogP contribution is 2.46. The number of halogens is 2. The Morgan fingerprint density at radius 2 is 1.61 bits per heavy atom. The van der Waals surface area contributed by atoms with Gasteiger partial charge in [0.2, 0.25) is 11.8 Å². The molecule has 11 heteroatoms. The molecular weight excluding hydrogens is 632 g/mol. The Balaban J connectivity index is 1.20. The van der Waals surface area contributed by atoms with E-state index in [0.29, 0.717) is 43.9 Å². The molecule has 5 rings (SSSR count). The summed E-state index contributed by atoms with van der Waals surface area (Å²) in [6.45, 7) is 5.03. The number of aliphatic hydroxyl groups is 1. The number of anilines is 1. The van der Waals surface area contributed by atoms with Crippen molar-refractivity contribution >= 4 is 23.5 Å². The molecule has 0 spiro atoms. The van der Waals surface area contributed by atoms with E-state index in [1.165, 1.54) is 24.3 Å². The van der Waals surface area contributed by atoms with Crippen LogP contribution >= 0.6 is 0 Å². The highest BCUT2D eigenvalue weighted by atomic mass is 19.1. The van der Waals surface area contributed by atoms with E-state index >= 15 is 0 Å². The van der Waals surface area contributed by atoms with Crippen molar-refractivity contribution in [2.75, 3.05) is 31.7 Å². The first kappa shape index (κ1) is 36.1. The lowest BCUT2D eigenvalue weighted by Crippen LogP contribution is -2.63. The number of carboxylic acid groups (broad SMARTS) is 1. The third-order valence-corrected chi connectivity index (χ3v) is 9.89. The standard InChI is InChI=1S/C38H45F2N3O6/c1-24(2)34(37(47)48)41-33(45)21-38(22-49-23-38)42(3)20-4-5-25-6-8-27(9-7-25)35-31(18-19-32(44)26-10-12-28(39)13-11-26)36(46)43(35)30-16-14-29(40)15-17-30/h6-17,24,31-32,34-35,44H,4-5,18-23H2,1-3H3,(H,41,45)(H,47,48)/t31-,32+,34-,35-/m1/s1. The fourth-order valence-corrected chi connectivity index (χ4v) is 6.76. The summed E-state index contributed by atoms with van der Waals surface area (Å²) in [4.78, 5) is 41.6. The number of benzene rings is 3. The van der Waals surface area contributed by atoms with Gasteiger partial charge in [0, 0.05) is 12.1 Å². The van der Waals surface area contributed by atoms with Crippen molar-refractivity contribution in [2.45, 2.75) is 69.7 Å². The van der Waals surface area contributed by atoms with Gasteiger partial charge in [-0.2, -0.15) is 0 Å². The van der Waals surface area contributed by atoms with E-state index in [1.807, 2.05) is 31.3 Å². The van der Waals surface area contributed by atoms with Crippen LogP contribution in [0.3, 0.4) is 0 Å². The number of amides is 2. The summed E-state index contributed by atoms with van der Waals surface area (Å²) in [6.07, 6.45) is 1.66. The first-order chi connectivity index (χ1) is 23.4. The van der Waals surface area contributed by atoms with E-state index in [-0.39, 0.29) is 47.7 Å². The van der Waals surface area contributed by atoms with Crippen LogP contribution in [0, 0.1) is 23.5 Å². The predicted molar refractivity (Wildman–Crippen MR) is 181 cm³/mol. The van der Waals surface area contributed by atoms with Crippen molar-refractivity contribution in [3.63, 3.8) is 0 Å². The van der Waals surface area contributed by atoms with Gasteiger partial charge < -0.3 is 25.2 Å². The zero-order valence-electron chi connectivity index (χ0n) is 28.1. The quantitative estimate of drug-likeness (QED) is 0.173. The van der Waals surface area contributed by atoms with Crippen LogP contribution in [-0.4, -0.2) is 71.3 Å². The number of carboxylic acids is 1. The first-order valence-corrected chi connectivity index (χ1v) is 16.8. The molecule has 0 aliphatic carbocycles. The smallest absolute Gasteiger partial charge is 0.326 e. The van der Waals surface area contributed by atoms with Gasteiger partial charge in [-0.15, -0.1) is 0 Å². The Bertz CT molecular complexity index is 1600. The Kier molecular flexibility index (Phi) is 11.5. The third kappa shape index (κ3) is 8.34. The summed E-state index contributed by atoms with van der Waals surface area (Å²) in [5, 5.41) is 22.8. The predicted octanol–water partition coefficient (Wildman–Crippen LogP) is 5.43. The van der Waals surface area contributed by atoms with Crippen molar-refractivity contribution in [3.05, 3.63) is 101 Å². The summed E-state index contributed by atoms with van der Waals surface area (Å²) >= 11 is 0. The van der Waals surface area contributed by atoms with E-state index in [9.17, 15) is 33.4 Å². The van der Waals surface area contributed by atoms with E-state index in [2.05, 4.69) is 10.2 Å². The fourth-order valence-electron chi connectivity index (χ4n) is 6.76. The molecule has 0 bridgehead atoms. The number of nitrogens with one attached hydrogen (secondary N) is 1. The molecule has 2 heterocycles. The van der Waals surface area contributed by atoms with Gasteiger partial charge in [0.1, 0.15) is 17.7 Å². The van der Waals surface area contributed by atoms with E-state index in [4.69, 9.17) is 4.74 Å². The molecular formula is C38H45F2N3O6. The number of carbonyl (C=O) groups is 3. The second-order valence-corrected chi connectivity index (χ2v) is 13.7. The van der Waals surface area contributed by atoms with Crippen LogP contribution in [0.4, 0.5) is 14.5 Å². The maximum absolute atomic E-state index is 13.7. The number of aryl methyl sites for hydroxylation is 1. The number of hydrogen-bond donors (Lipinski definition) is 3. The Labute approximate surface area is 285 Å². The SMILES string of the molecule is CC(C)[C@@H](NC(=O)CC1(N(C)CCCc2ccc([C@@H]3[C@@H](CC[C@H](O)c4ccc(F)cc4)C(=O)N3c3ccc(F)cc3)cc2)COC1)C(=O)O. The molecule has 3 aromatic carbocycles. The van der Waals surface area contributed by atoms with Crippen molar-refractivity contribution < 1.29 is 38.1 Å². The lowest BCUT2D eigenvalue weighted by atomic mass is 9.78. The lowest BCUT2D eigenvalue weighted by molar-refractivity contribution is -0.154. The minimum Gasteiger partial charge on any atom is -0.480 e. The molecule has 2 fully saturated rings. The molecule has 2 saturated heterocycles. The third-order valence-electron chi connectivity index (χ3n) is 9.89. The maximum atomic E-state index is 13.7. The number of aliphatic carboxylic acids is 1. The van der Waals surface area contributed by atoms with Crippen LogP contribution in [0.1, 0.15) is 68.4 Å². The van der Waals surface area contributed by atoms with Crippen LogP contribution < -0.4 is 10.2 Å². The molecule has 2 aliphatic rings. The molecule has 4 atom stereocenters. The number of aliphatic hydroxyl groups excluding tert-OH is 1.